The highest BCUT2D eigenvalue weighted by atomic mass is 15.2. The molecule has 0 aromatic rings. The summed E-state index contributed by atoms with van der Waals surface area (Å²) >= 11 is 0. The maximum Gasteiger partial charge on any atom is 0.0373 e. The van der Waals surface area contributed by atoms with Gasteiger partial charge in [-0.3, -0.25) is 0 Å². The quantitative estimate of drug-likeness (QED) is 0.659. The van der Waals surface area contributed by atoms with Crippen LogP contribution in [0.5, 0.6) is 0 Å². The minimum Gasteiger partial charge on any atom is -0.377 e. The van der Waals surface area contributed by atoms with Crippen molar-refractivity contribution in [2.24, 2.45) is 11.8 Å². The van der Waals surface area contributed by atoms with Gasteiger partial charge in [0, 0.05) is 38.6 Å². The Morgan fingerprint density at radius 2 is 2.07 bits per heavy atom. The van der Waals surface area contributed by atoms with Gasteiger partial charge in [0.1, 0.15) is 0 Å². The fourth-order valence-electron chi connectivity index (χ4n) is 1.95. The van der Waals surface area contributed by atoms with Crippen LogP contribution in [0.3, 0.4) is 0 Å². The van der Waals surface area contributed by atoms with Crippen molar-refractivity contribution < 1.29 is 0 Å². The molecule has 2 nitrogen and oxygen atoms in total. The van der Waals surface area contributed by atoms with E-state index in [1.165, 1.54) is 18.8 Å². The minimum atomic E-state index is 0.835. The van der Waals surface area contributed by atoms with Crippen LogP contribution in [-0.2, 0) is 0 Å². The van der Waals surface area contributed by atoms with Gasteiger partial charge in [0.25, 0.3) is 0 Å². The second-order valence-electron chi connectivity index (χ2n) is 4.79. The van der Waals surface area contributed by atoms with E-state index in [-0.39, 0.29) is 0 Å². The summed E-state index contributed by atoms with van der Waals surface area (Å²) in [6.07, 6.45) is 6.70. The highest BCUT2D eigenvalue weighted by Crippen LogP contribution is 2.27. The number of likely N-dealkylation sites (N-methyl/N-ethyl adjacent to an activating group) is 1. The second kappa shape index (κ2) is 3.68. The van der Waals surface area contributed by atoms with Crippen LogP contribution in [0.25, 0.3) is 0 Å². The molecule has 0 aromatic heterocycles. The molecule has 1 fully saturated rings. The van der Waals surface area contributed by atoms with Gasteiger partial charge >= 0.3 is 0 Å². The van der Waals surface area contributed by atoms with E-state index in [1.807, 2.05) is 0 Å². The average molecular weight is 192 g/mol. The third kappa shape index (κ3) is 1.79. The SMILES string of the molecule is CC(C)C1CN(C2=CCN(C)C=C2)C1. The number of likely N-dealkylation sites (tertiary alicyclic amines) is 1. The van der Waals surface area contributed by atoms with Gasteiger partial charge in [0.15, 0.2) is 0 Å². The molecule has 0 saturated carbocycles. The third-order valence-electron chi connectivity index (χ3n) is 3.31. The molecule has 2 aliphatic rings. The normalized spacial score (nSPS) is 22.7. The molecule has 0 atom stereocenters. The van der Waals surface area contributed by atoms with E-state index in [4.69, 9.17) is 0 Å². The Morgan fingerprint density at radius 3 is 2.57 bits per heavy atom. The largest absolute Gasteiger partial charge is 0.377 e. The Bertz CT molecular complexity index is 259. The fourth-order valence-corrected chi connectivity index (χ4v) is 1.95. The number of nitrogens with zero attached hydrogens (tertiary/aromatic N) is 2. The monoisotopic (exact) mass is 192 g/mol. The standard InChI is InChI=1S/C12H20N2/c1-10(2)11-8-14(9-11)12-4-6-13(3)7-5-12/h4-6,10-11H,7-9H2,1-3H3. The van der Waals surface area contributed by atoms with Gasteiger partial charge in [-0.05, 0) is 24.0 Å². The highest BCUT2D eigenvalue weighted by Gasteiger charge is 2.29. The van der Waals surface area contributed by atoms with Crippen molar-refractivity contribution in [3.05, 3.63) is 24.0 Å². The van der Waals surface area contributed by atoms with Crippen LogP contribution in [0.4, 0.5) is 0 Å². The van der Waals surface area contributed by atoms with Gasteiger partial charge in [-0.15, -0.1) is 0 Å². The van der Waals surface area contributed by atoms with Crippen molar-refractivity contribution >= 4 is 0 Å². The van der Waals surface area contributed by atoms with Crippen molar-refractivity contribution in [3.8, 4) is 0 Å². The van der Waals surface area contributed by atoms with Crippen LogP contribution >= 0.6 is 0 Å². The molecule has 2 heteroatoms. The van der Waals surface area contributed by atoms with Crippen LogP contribution in [-0.4, -0.2) is 36.5 Å². The molecule has 0 spiro atoms. The number of allylic oxidation sites excluding steroid dienone is 1. The van der Waals surface area contributed by atoms with Gasteiger partial charge in [-0.25, -0.2) is 0 Å². The highest BCUT2D eigenvalue weighted by molar-refractivity contribution is 5.23. The zero-order chi connectivity index (χ0) is 10.1. The molecule has 0 bridgehead atoms. The summed E-state index contributed by atoms with van der Waals surface area (Å²) in [5.41, 5.74) is 1.42. The van der Waals surface area contributed by atoms with Crippen LogP contribution in [0.15, 0.2) is 24.0 Å². The molecule has 0 unspecified atom stereocenters. The topological polar surface area (TPSA) is 6.48 Å². The summed E-state index contributed by atoms with van der Waals surface area (Å²) in [4.78, 5) is 4.68. The molecule has 0 aliphatic carbocycles. The molecular weight excluding hydrogens is 172 g/mol. The predicted octanol–water partition coefficient (Wildman–Crippen LogP) is 1.92. The Morgan fingerprint density at radius 1 is 1.36 bits per heavy atom. The summed E-state index contributed by atoms with van der Waals surface area (Å²) in [5.74, 6) is 1.74. The first kappa shape index (κ1) is 9.63. The summed E-state index contributed by atoms with van der Waals surface area (Å²) in [5, 5.41) is 0. The van der Waals surface area contributed by atoms with Crippen LogP contribution in [0.1, 0.15) is 13.8 Å². The molecule has 1 saturated heterocycles. The lowest BCUT2D eigenvalue weighted by molar-refractivity contribution is 0.107. The summed E-state index contributed by atoms with van der Waals surface area (Å²) in [7, 11) is 2.11. The van der Waals surface area contributed by atoms with Gasteiger partial charge in [-0.1, -0.05) is 13.8 Å². The molecular formula is C12H20N2. The van der Waals surface area contributed by atoms with E-state index >= 15 is 0 Å². The van der Waals surface area contributed by atoms with Crippen molar-refractivity contribution in [1.82, 2.24) is 9.80 Å². The molecule has 14 heavy (non-hydrogen) atoms. The van der Waals surface area contributed by atoms with Crippen molar-refractivity contribution in [2.45, 2.75) is 13.8 Å². The number of hydrogen-bond acceptors (Lipinski definition) is 2. The van der Waals surface area contributed by atoms with Crippen molar-refractivity contribution in [1.29, 1.82) is 0 Å². The van der Waals surface area contributed by atoms with Crippen molar-refractivity contribution in [3.63, 3.8) is 0 Å². The Labute approximate surface area is 86.9 Å². The Hall–Kier alpha value is -0.920. The molecule has 78 valence electrons. The van der Waals surface area contributed by atoms with E-state index < -0.39 is 0 Å². The zero-order valence-corrected chi connectivity index (χ0v) is 9.40. The maximum absolute atomic E-state index is 2.48. The molecule has 2 heterocycles. The first-order valence-electron chi connectivity index (χ1n) is 5.50. The Balaban J connectivity index is 1.86. The molecule has 2 rings (SSSR count). The van der Waals surface area contributed by atoms with E-state index in [1.54, 1.807) is 0 Å². The molecule has 0 N–H and O–H groups in total. The maximum atomic E-state index is 2.48. The average Bonchev–Trinajstić information content (AvgIpc) is 2.05. The number of hydrogen-bond donors (Lipinski definition) is 0. The van der Waals surface area contributed by atoms with Gasteiger partial charge < -0.3 is 9.80 Å². The van der Waals surface area contributed by atoms with Crippen LogP contribution in [0, 0.1) is 11.8 Å². The first-order valence-corrected chi connectivity index (χ1v) is 5.50. The minimum absolute atomic E-state index is 0.835. The van der Waals surface area contributed by atoms with E-state index in [0.717, 1.165) is 18.4 Å². The van der Waals surface area contributed by atoms with E-state index in [9.17, 15) is 0 Å². The summed E-state index contributed by atoms with van der Waals surface area (Å²) in [6.45, 7) is 8.19. The van der Waals surface area contributed by atoms with E-state index in [0.29, 0.717) is 0 Å². The second-order valence-corrected chi connectivity index (χ2v) is 4.79. The third-order valence-corrected chi connectivity index (χ3v) is 3.31. The smallest absolute Gasteiger partial charge is 0.0373 e. The number of rotatable bonds is 2. The summed E-state index contributed by atoms with van der Waals surface area (Å²) < 4.78 is 0. The van der Waals surface area contributed by atoms with Gasteiger partial charge in [0.05, 0.1) is 0 Å². The molecule has 0 aromatic carbocycles. The Kier molecular flexibility index (Phi) is 2.53. The first-order chi connectivity index (χ1) is 6.66. The van der Waals surface area contributed by atoms with Crippen LogP contribution < -0.4 is 0 Å². The molecule has 0 radical (unpaired) electrons. The molecule has 0 amide bonds. The zero-order valence-electron chi connectivity index (χ0n) is 9.40. The van der Waals surface area contributed by atoms with E-state index in [2.05, 4.69) is 49.0 Å². The van der Waals surface area contributed by atoms with Gasteiger partial charge in [-0.2, -0.15) is 0 Å². The van der Waals surface area contributed by atoms with Crippen molar-refractivity contribution in [2.75, 3.05) is 26.7 Å². The molecule has 2 aliphatic heterocycles. The lowest BCUT2D eigenvalue weighted by atomic mass is 9.88. The predicted molar refractivity (Wildman–Crippen MR) is 59.8 cm³/mol. The lowest BCUT2D eigenvalue weighted by Crippen LogP contribution is -2.48. The van der Waals surface area contributed by atoms with Gasteiger partial charge in [0.2, 0.25) is 0 Å². The lowest BCUT2D eigenvalue weighted by Gasteiger charge is -2.44. The fraction of sp³-hybridized carbons (Fsp3) is 0.667. The summed E-state index contributed by atoms with van der Waals surface area (Å²) in [6, 6.07) is 0. The van der Waals surface area contributed by atoms with Crippen LogP contribution in [0.2, 0.25) is 0 Å².